The average molecular weight is 401 g/mol. The first-order valence-electron chi connectivity index (χ1n) is 9.10. The lowest BCUT2D eigenvalue weighted by Crippen LogP contribution is -2.38. The van der Waals surface area contributed by atoms with Gasteiger partial charge in [0, 0.05) is 22.9 Å². The molecule has 0 saturated carbocycles. The quantitative estimate of drug-likeness (QED) is 0.743. The molecule has 27 heavy (non-hydrogen) atoms. The minimum absolute atomic E-state index is 0.236. The van der Waals surface area contributed by atoms with Crippen molar-refractivity contribution in [3.8, 4) is 6.07 Å². The molecule has 1 saturated heterocycles. The van der Waals surface area contributed by atoms with Crippen molar-refractivity contribution in [3.05, 3.63) is 53.1 Å². The fraction of sp³-hybridized carbons (Fsp3) is 0.381. The van der Waals surface area contributed by atoms with Gasteiger partial charge in [0.05, 0.1) is 16.5 Å². The first kappa shape index (κ1) is 19.9. The van der Waals surface area contributed by atoms with E-state index >= 15 is 0 Å². The summed E-state index contributed by atoms with van der Waals surface area (Å²) in [6.07, 6.45) is 1.74. The first-order chi connectivity index (χ1) is 12.8. The first-order valence-corrected chi connectivity index (χ1v) is 11.4. The van der Waals surface area contributed by atoms with Gasteiger partial charge in [-0.25, -0.2) is 8.42 Å². The number of sulfonamides is 1. The Morgan fingerprint density at radius 3 is 2.30 bits per heavy atom. The van der Waals surface area contributed by atoms with Crippen molar-refractivity contribution in [2.24, 2.45) is 5.92 Å². The molecule has 0 amide bonds. The third-order valence-corrected chi connectivity index (χ3v) is 7.97. The van der Waals surface area contributed by atoms with E-state index in [1.54, 1.807) is 16.4 Å². The van der Waals surface area contributed by atoms with Crippen LogP contribution in [-0.2, 0) is 10.0 Å². The highest BCUT2D eigenvalue weighted by molar-refractivity contribution is 8.00. The van der Waals surface area contributed by atoms with Crippen molar-refractivity contribution in [3.63, 3.8) is 0 Å². The van der Waals surface area contributed by atoms with Gasteiger partial charge in [-0.05, 0) is 74.1 Å². The molecule has 0 aliphatic carbocycles. The zero-order valence-corrected chi connectivity index (χ0v) is 17.5. The molecule has 6 heteroatoms. The number of hydrogen-bond donors (Lipinski definition) is 0. The van der Waals surface area contributed by atoms with Gasteiger partial charge in [0.2, 0.25) is 10.0 Å². The van der Waals surface area contributed by atoms with Gasteiger partial charge in [-0.15, -0.1) is 0 Å². The van der Waals surface area contributed by atoms with Crippen LogP contribution in [0.4, 0.5) is 0 Å². The van der Waals surface area contributed by atoms with Crippen LogP contribution in [0.1, 0.15) is 36.5 Å². The molecule has 2 aromatic rings. The average Bonchev–Trinajstić information content (AvgIpc) is 2.61. The SMILES string of the molecule is Cc1cc(C)cc(Sc2ccc(C#N)cc2S(=O)(=O)N2CCC(C)CC2)c1. The van der Waals surface area contributed by atoms with Gasteiger partial charge in [-0.2, -0.15) is 9.57 Å². The number of benzene rings is 2. The summed E-state index contributed by atoms with van der Waals surface area (Å²) in [4.78, 5) is 1.90. The fourth-order valence-electron chi connectivity index (χ4n) is 3.35. The predicted octanol–water partition coefficient (Wildman–Crippen LogP) is 4.75. The summed E-state index contributed by atoms with van der Waals surface area (Å²) in [6, 6.07) is 13.2. The molecule has 1 aliphatic rings. The number of rotatable bonds is 4. The van der Waals surface area contributed by atoms with Gasteiger partial charge in [0.25, 0.3) is 0 Å². The molecule has 0 unspecified atom stereocenters. The van der Waals surface area contributed by atoms with Crippen molar-refractivity contribution >= 4 is 21.8 Å². The lowest BCUT2D eigenvalue weighted by Gasteiger charge is -2.30. The summed E-state index contributed by atoms with van der Waals surface area (Å²) in [5.41, 5.74) is 2.64. The summed E-state index contributed by atoms with van der Waals surface area (Å²) < 4.78 is 28.2. The van der Waals surface area contributed by atoms with E-state index in [1.165, 1.54) is 17.8 Å². The Balaban J connectivity index is 2.02. The second-order valence-corrected chi connectivity index (χ2v) is 10.3. The van der Waals surface area contributed by atoms with Gasteiger partial charge in [-0.1, -0.05) is 24.8 Å². The molecule has 0 bridgehead atoms. The molecular formula is C21H24N2O2S2. The second kappa shape index (κ2) is 8.05. The van der Waals surface area contributed by atoms with E-state index in [-0.39, 0.29) is 4.90 Å². The van der Waals surface area contributed by atoms with Crippen molar-refractivity contribution in [1.29, 1.82) is 5.26 Å². The van der Waals surface area contributed by atoms with Crippen molar-refractivity contribution in [2.75, 3.05) is 13.1 Å². The zero-order chi connectivity index (χ0) is 19.6. The van der Waals surface area contributed by atoms with E-state index in [2.05, 4.69) is 31.2 Å². The van der Waals surface area contributed by atoms with E-state index in [4.69, 9.17) is 0 Å². The molecule has 1 aliphatic heterocycles. The maximum absolute atomic E-state index is 13.3. The van der Waals surface area contributed by atoms with E-state index in [1.807, 2.05) is 13.8 Å². The number of nitrogens with zero attached hydrogens (tertiary/aromatic N) is 2. The summed E-state index contributed by atoms with van der Waals surface area (Å²) in [6.45, 7) is 7.29. The van der Waals surface area contributed by atoms with Crippen molar-refractivity contribution in [1.82, 2.24) is 4.31 Å². The standard InChI is InChI=1S/C21H24N2O2S2/c1-15-6-8-23(9-7-15)27(24,25)21-13-18(14-22)4-5-20(21)26-19-11-16(2)10-17(3)12-19/h4-5,10-13,15H,6-9H2,1-3H3. The van der Waals surface area contributed by atoms with Crippen LogP contribution in [0.2, 0.25) is 0 Å². The Morgan fingerprint density at radius 2 is 1.70 bits per heavy atom. The molecule has 0 N–H and O–H groups in total. The topological polar surface area (TPSA) is 61.2 Å². The number of hydrogen-bond acceptors (Lipinski definition) is 4. The van der Waals surface area contributed by atoms with Crippen LogP contribution in [0.3, 0.4) is 0 Å². The van der Waals surface area contributed by atoms with Crippen LogP contribution < -0.4 is 0 Å². The molecule has 0 aromatic heterocycles. The molecule has 4 nitrogen and oxygen atoms in total. The minimum atomic E-state index is -3.63. The maximum atomic E-state index is 13.3. The van der Waals surface area contributed by atoms with Gasteiger partial charge >= 0.3 is 0 Å². The second-order valence-electron chi connectivity index (χ2n) is 7.29. The predicted molar refractivity (Wildman–Crippen MR) is 108 cm³/mol. The Kier molecular flexibility index (Phi) is 5.95. The van der Waals surface area contributed by atoms with Crippen molar-refractivity contribution < 1.29 is 8.42 Å². The van der Waals surface area contributed by atoms with E-state index in [9.17, 15) is 13.7 Å². The van der Waals surface area contributed by atoms with Crippen LogP contribution in [0.5, 0.6) is 0 Å². The number of piperidine rings is 1. The van der Waals surface area contributed by atoms with Crippen molar-refractivity contribution in [2.45, 2.75) is 48.3 Å². The molecule has 2 aromatic carbocycles. The third-order valence-electron chi connectivity index (χ3n) is 4.86. The largest absolute Gasteiger partial charge is 0.244 e. The van der Waals surface area contributed by atoms with Crippen LogP contribution in [0.25, 0.3) is 0 Å². The summed E-state index contributed by atoms with van der Waals surface area (Å²) >= 11 is 1.44. The molecule has 3 rings (SSSR count). The molecule has 1 heterocycles. The molecule has 1 fully saturated rings. The smallest absolute Gasteiger partial charge is 0.207 e. The Labute approximate surface area is 166 Å². The Bertz CT molecular complexity index is 965. The monoisotopic (exact) mass is 400 g/mol. The van der Waals surface area contributed by atoms with Gasteiger partial charge in [0.1, 0.15) is 0 Å². The summed E-state index contributed by atoms with van der Waals surface area (Å²) in [5, 5.41) is 9.26. The Morgan fingerprint density at radius 1 is 1.07 bits per heavy atom. The summed E-state index contributed by atoms with van der Waals surface area (Å²) in [5.74, 6) is 0.547. The fourth-order valence-corrected chi connectivity index (χ4v) is 6.39. The highest BCUT2D eigenvalue weighted by Gasteiger charge is 2.30. The molecule has 0 spiro atoms. The normalized spacial score (nSPS) is 16.2. The van der Waals surface area contributed by atoms with E-state index < -0.39 is 10.0 Å². The van der Waals surface area contributed by atoms with Gasteiger partial charge < -0.3 is 0 Å². The molecule has 142 valence electrons. The Hall–Kier alpha value is -1.81. The van der Waals surface area contributed by atoms with E-state index in [0.717, 1.165) is 28.9 Å². The molecular weight excluding hydrogens is 376 g/mol. The molecule has 0 atom stereocenters. The maximum Gasteiger partial charge on any atom is 0.244 e. The minimum Gasteiger partial charge on any atom is -0.207 e. The lowest BCUT2D eigenvalue weighted by molar-refractivity contribution is 0.287. The highest BCUT2D eigenvalue weighted by atomic mass is 32.2. The van der Waals surface area contributed by atoms with Crippen LogP contribution in [-0.4, -0.2) is 25.8 Å². The van der Waals surface area contributed by atoms with E-state index in [0.29, 0.717) is 29.5 Å². The van der Waals surface area contributed by atoms with Crippen LogP contribution in [0, 0.1) is 31.1 Å². The lowest BCUT2D eigenvalue weighted by atomic mass is 10.0. The number of nitriles is 1. The highest BCUT2D eigenvalue weighted by Crippen LogP contribution is 2.36. The van der Waals surface area contributed by atoms with Gasteiger partial charge in [0.15, 0.2) is 0 Å². The summed E-state index contributed by atoms with van der Waals surface area (Å²) in [7, 11) is -3.63. The molecule has 0 radical (unpaired) electrons. The zero-order valence-electron chi connectivity index (χ0n) is 15.9. The van der Waals surface area contributed by atoms with Gasteiger partial charge in [-0.3, -0.25) is 0 Å². The third kappa shape index (κ3) is 4.55. The van der Waals surface area contributed by atoms with Crippen LogP contribution >= 0.6 is 11.8 Å². The number of aryl methyl sites for hydroxylation is 2. The van der Waals surface area contributed by atoms with Crippen LogP contribution in [0.15, 0.2) is 51.1 Å².